The Morgan fingerprint density at radius 3 is 2.19 bits per heavy atom. The number of rotatable bonds is 2. The molecule has 94 valence electrons. The van der Waals surface area contributed by atoms with Crippen LogP contribution in [0.5, 0.6) is 0 Å². The van der Waals surface area contributed by atoms with Crippen LogP contribution >= 0.6 is 24.8 Å². The van der Waals surface area contributed by atoms with E-state index >= 15 is 0 Å². The van der Waals surface area contributed by atoms with Crippen LogP contribution in [0, 0.1) is 0 Å². The number of aromatic nitrogens is 1. The quantitative estimate of drug-likeness (QED) is 0.869. The molecule has 0 fully saturated rings. The molecular weight excluding hydrogens is 268 g/mol. The molecule has 0 spiro atoms. The molecule has 0 aliphatic heterocycles. The molecule has 1 atom stereocenters. The van der Waals surface area contributed by atoms with Crippen LogP contribution in [0.3, 0.4) is 0 Å². The molecule has 1 aromatic rings. The third kappa shape index (κ3) is 4.52. The average Bonchev–Trinajstić information content (AvgIpc) is 2.15. The van der Waals surface area contributed by atoms with Crippen molar-refractivity contribution in [2.75, 3.05) is 6.61 Å². The lowest BCUT2D eigenvalue weighted by Crippen LogP contribution is -2.16. The van der Waals surface area contributed by atoms with Crippen LogP contribution in [0.2, 0.25) is 0 Å². The summed E-state index contributed by atoms with van der Waals surface area (Å²) in [7, 11) is 0. The minimum Gasteiger partial charge on any atom is -0.394 e. The molecule has 1 aromatic heterocycles. The predicted octanol–water partition coefficient (Wildman–Crippen LogP) is 1.94. The number of alkyl halides is 3. The van der Waals surface area contributed by atoms with Crippen LogP contribution in [0.15, 0.2) is 18.3 Å². The lowest BCUT2D eigenvalue weighted by molar-refractivity contribution is -0.141. The van der Waals surface area contributed by atoms with Gasteiger partial charge in [-0.1, -0.05) is 6.07 Å². The molecule has 3 N–H and O–H groups in total. The first-order chi connectivity index (χ1) is 6.45. The second-order valence-corrected chi connectivity index (χ2v) is 2.76. The molecule has 0 aromatic carbocycles. The number of aliphatic hydroxyl groups is 1. The molecule has 3 nitrogen and oxygen atoms in total. The molecule has 0 saturated carbocycles. The molecule has 0 aliphatic rings. The highest BCUT2D eigenvalue weighted by molar-refractivity contribution is 5.85. The summed E-state index contributed by atoms with van der Waals surface area (Å²) in [6, 6.07) is 1.35. The standard InChI is InChI=1S/C8H9F3N2O.2ClH/c9-8(10,11)7-2-1-5(3-13-7)6(12)4-14;;/h1-3,6,14H,4,12H2;2*1H/t6-;;/m1../s1. The van der Waals surface area contributed by atoms with Gasteiger partial charge in [0.2, 0.25) is 0 Å². The fourth-order valence-corrected chi connectivity index (χ4v) is 0.898. The molecule has 0 unspecified atom stereocenters. The molecule has 1 heterocycles. The summed E-state index contributed by atoms with van der Waals surface area (Å²) in [6.45, 7) is -0.326. The van der Waals surface area contributed by atoms with Crippen molar-refractivity contribution in [3.05, 3.63) is 29.6 Å². The maximum Gasteiger partial charge on any atom is 0.433 e. The van der Waals surface area contributed by atoms with Crippen molar-refractivity contribution in [2.45, 2.75) is 12.2 Å². The second-order valence-electron chi connectivity index (χ2n) is 2.76. The van der Waals surface area contributed by atoms with Gasteiger partial charge in [-0.2, -0.15) is 13.2 Å². The van der Waals surface area contributed by atoms with E-state index in [4.69, 9.17) is 10.8 Å². The van der Waals surface area contributed by atoms with E-state index in [9.17, 15) is 13.2 Å². The zero-order valence-electron chi connectivity index (χ0n) is 7.94. The molecular formula is C8H11Cl2F3N2O. The van der Waals surface area contributed by atoms with Crippen LogP contribution in [-0.4, -0.2) is 16.7 Å². The normalized spacial score (nSPS) is 12.3. The van der Waals surface area contributed by atoms with Gasteiger partial charge < -0.3 is 10.8 Å². The van der Waals surface area contributed by atoms with E-state index in [0.29, 0.717) is 5.56 Å². The average molecular weight is 279 g/mol. The van der Waals surface area contributed by atoms with Gasteiger partial charge in [0.25, 0.3) is 0 Å². The van der Waals surface area contributed by atoms with Gasteiger partial charge in [-0.3, -0.25) is 4.98 Å². The van der Waals surface area contributed by atoms with Gasteiger partial charge in [0, 0.05) is 6.20 Å². The van der Waals surface area contributed by atoms with Crippen molar-refractivity contribution in [3.63, 3.8) is 0 Å². The number of hydrogen-bond acceptors (Lipinski definition) is 3. The van der Waals surface area contributed by atoms with Crippen molar-refractivity contribution in [2.24, 2.45) is 5.73 Å². The zero-order valence-corrected chi connectivity index (χ0v) is 9.57. The zero-order chi connectivity index (χ0) is 10.8. The predicted molar refractivity (Wildman–Crippen MR) is 57.7 cm³/mol. The summed E-state index contributed by atoms with van der Waals surface area (Å²) in [4.78, 5) is 3.20. The summed E-state index contributed by atoms with van der Waals surface area (Å²) < 4.78 is 36.2. The van der Waals surface area contributed by atoms with Crippen molar-refractivity contribution in [1.29, 1.82) is 0 Å². The summed E-state index contributed by atoms with van der Waals surface area (Å²) in [6.07, 6.45) is -3.43. The topological polar surface area (TPSA) is 59.1 Å². The Hall–Kier alpha value is -0.560. The van der Waals surface area contributed by atoms with Gasteiger partial charge in [-0.15, -0.1) is 24.8 Å². The fourth-order valence-electron chi connectivity index (χ4n) is 0.898. The fraction of sp³-hybridized carbons (Fsp3) is 0.375. The summed E-state index contributed by atoms with van der Waals surface area (Å²) in [5.41, 5.74) is 4.79. The lowest BCUT2D eigenvalue weighted by Gasteiger charge is -2.09. The van der Waals surface area contributed by atoms with E-state index in [1.54, 1.807) is 0 Å². The van der Waals surface area contributed by atoms with Gasteiger partial charge >= 0.3 is 6.18 Å². The highest BCUT2D eigenvalue weighted by Crippen LogP contribution is 2.27. The van der Waals surface area contributed by atoms with E-state index < -0.39 is 17.9 Å². The van der Waals surface area contributed by atoms with Crippen LogP contribution in [0.25, 0.3) is 0 Å². The van der Waals surface area contributed by atoms with E-state index in [-0.39, 0.29) is 31.4 Å². The molecule has 0 amide bonds. The molecule has 0 saturated heterocycles. The van der Waals surface area contributed by atoms with E-state index in [0.717, 1.165) is 12.3 Å². The first-order valence-electron chi connectivity index (χ1n) is 3.84. The Morgan fingerprint density at radius 2 is 1.88 bits per heavy atom. The number of nitrogens with two attached hydrogens (primary N) is 1. The Morgan fingerprint density at radius 1 is 1.31 bits per heavy atom. The maximum atomic E-state index is 12.1. The number of pyridine rings is 1. The monoisotopic (exact) mass is 278 g/mol. The van der Waals surface area contributed by atoms with Gasteiger partial charge in [-0.25, -0.2) is 0 Å². The number of hydrogen-bond donors (Lipinski definition) is 2. The second kappa shape index (κ2) is 6.90. The van der Waals surface area contributed by atoms with Crippen molar-refractivity contribution in [3.8, 4) is 0 Å². The summed E-state index contributed by atoms with van der Waals surface area (Å²) >= 11 is 0. The first kappa shape index (κ1) is 17.8. The Bertz CT molecular complexity index is 305. The molecule has 0 bridgehead atoms. The lowest BCUT2D eigenvalue weighted by atomic mass is 10.1. The van der Waals surface area contributed by atoms with Gasteiger partial charge in [0.05, 0.1) is 12.6 Å². The highest BCUT2D eigenvalue weighted by atomic mass is 35.5. The van der Waals surface area contributed by atoms with Crippen molar-refractivity contribution < 1.29 is 18.3 Å². The van der Waals surface area contributed by atoms with E-state index in [2.05, 4.69) is 4.98 Å². The first-order valence-corrected chi connectivity index (χ1v) is 3.84. The van der Waals surface area contributed by atoms with E-state index in [1.807, 2.05) is 0 Å². The van der Waals surface area contributed by atoms with E-state index in [1.165, 1.54) is 6.07 Å². The summed E-state index contributed by atoms with van der Waals surface area (Å²) in [5.74, 6) is 0. The smallest absolute Gasteiger partial charge is 0.394 e. The SMILES string of the molecule is Cl.Cl.N[C@H](CO)c1ccc(C(F)(F)F)nc1. The Kier molecular flexibility index (Phi) is 7.69. The van der Waals surface area contributed by atoms with Crippen molar-refractivity contribution >= 4 is 24.8 Å². The van der Waals surface area contributed by atoms with Crippen LogP contribution in [0.1, 0.15) is 17.3 Å². The highest BCUT2D eigenvalue weighted by Gasteiger charge is 2.32. The molecule has 1 rings (SSSR count). The van der Waals surface area contributed by atoms with Gasteiger partial charge in [0.15, 0.2) is 0 Å². The Labute approximate surface area is 103 Å². The number of halogens is 5. The maximum absolute atomic E-state index is 12.1. The van der Waals surface area contributed by atoms with Gasteiger partial charge in [-0.05, 0) is 11.6 Å². The molecule has 8 heteroatoms. The van der Waals surface area contributed by atoms with Gasteiger partial charge in [0.1, 0.15) is 5.69 Å². The molecule has 0 radical (unpaired) electrons. The van der Waals surface area contributed by atoms with Crippen LogP contribution in [0.4, 0.5) is 13.2 Å². The third-order valence-corrected chi connectivity index (χ3v) is 1.70. The van der Waals surface area contributed by atoms with Crippen LogP contribution in [-0.2, 0) is 6.18 Å². The third-order valence-electron chi connectivity index (χ3n) is 1.70. The molecule has 16 heavy (non-hydrogen) atoms. The van der Waals surface area contributed by atoms with Crippen LogP contribution < -0.4 is 5.73 Å². The molecule has 0 aliphatic carbocycles. The number of nitrogens with zero attached hydrogens (tertiary/aromatic N) is 1. The summed E-state index contributed by atoms with van der Waals surface area (Å²) in [5, 5.41) is 8.64. The Balaban J connectivity index is 0. The number of aliphatic hydroxyl groups excluding tert-OH is 1. The minimum atomic E-state index is -4.44. The minimum absolute atomic E-state index is 0. The van der Waals surface area contributed by atoms with Crippen molar-refractivity contribution in [1.82, 2.24) is 4.98 Å². The largest absolute Gasteiger partial charge is 0.433 e.